The third kappa shape index (κ3) is 4.76. The number of likely N-dealkylation sites (tertiary alicyclic amines) is 1. The summed E-state index contributed by atoms with van der Waals surface area (Å²) in [7, 11) is 0. The average molecular weight is 433 g/mol. The van der Waals surface area contributed by atoms with Crippen molar-refractivity contribution >= 4 is 34.5 Å². The van der Waals surface area contributed by atoms with E-state index in [2.05, 4.69) is 34.7 Å². The number of aromatic nitrogens is 1. The molecule has 2 aromatic rings. The molecule has 2 aliphatic heterocycles. The van der Waals surface area contributed by atoms with Gasteiger partial charge in [-0.15, -0.1) is 11.3 Å². The zero-order valence-electron chi connectivity index (χ0n) is 17.2. The van der Waals surface area contributed by atoms with Crippen LogP contribution in [0.4, 0.5) is 5.69 Å². The Morgan fingerprint density at radius 2 is 2.00 bits per heavy atom. The van der Waals surface area contributed by atoms with Gasteiger partial charge in [0.1, 0.15) is 5.69 Å². The number of nitrogens with zero attached hydrogens (tertiary/aromatic N) is 4. The zero-order chi connectivity index (χ0) is 20.4. The average Bonchev–Trinajstić information content (AvgIpc) is 3.24. The molecule has 2 aliphatic rings. The van der Waals surface area contributed by atoms with Gasteiger partial charge >= 0.3 is 0 Å². The summed E-state index contributed by atoms with van der Waals surface area (Å²) in [5.74, 6) is 0.460. The van der Waals surface area contributed by atoms with Crippen molar-refractivity contribution in [2.24, 2.45) is 0 Å². The molecule has 3 heterocycles. The summed E-state index contributed by atoms with van der Waals surface area (Å²) >= 11 is 7.74. The molecule has 0 aliphatic carbocycles. The van der Waals surface area contributed by atoms with E-state index >= 15 is 0 Å². The summed E-state index contributed by atoms with van der Waals surface area (Å²) in [5.41, 5.74) is 1.81. The Bertz CT molecular complexity index is 847. The lowest BCUT2D eigenvalue weighted by Crippen LogP contribution is -2.55. The van der Waals surface area contributed by atoms with Crippen LogP contribution in [0.5, 0.6) is 0 Å². The summed E-state index contributed by atoms with van der Waals surface area (Å²) in [6.07, 6.45) is 2.22. The number of piperidine rings is 1. The summed E-state index contributed by atoms with van der Waals surface area (Å²) in [5, 5.41) is 3.75. The van der Waals surface area contributed by atoms with Gasteiger partial charge in [-0.25, -0.2) is 4.98 Å². The van der Waals surface area contributed by atoms with E-state index in [1.165, 1.54) is 5.69 Å². The number of amides is 1. The molecule has 4 rings (SSSR count). The second kappa shape index (κ2) is 9.02. The molecule has 5 nitrogen and oxygen atoms in total. The summed E-state index contributed by atoms with van der Waals surface area (Å²) in [6.45, 7) is 9.92. The number of hydrogen-bond donors (Lipinski definition) is 0. The molecule has 0 bridgehead atoms. The van der Waals surface area contributed by atoms with Crippen molar-refractivity contribution in [2.45, 2.75) is 38.6 Å². The second-order valence-electron chi connectivity index (χ2n) is 8.28. The minimum atomic E-state index is 0.0930. The summed E-state index contributed by atoms with van der Waals surface area (Å²) < 4.78 is 0. The van der Waals surface area contributed by atoms with Crippen molar-refractivity contribution in [3.05, 3.63) is 45.4 Å². The van der Waals surface area contributed by atoms with Gasteiger partial charge in [-0.2, -0.15) is 0 Å². The van der Waals surface area contributed by atoms with Crippen LogP contribution in [0.15, 0.2) is 29.6 Å². The van der Waals surface area contributed by atoms with Gasteiger partial charge in [0.2, 0.25) is 0 Å². The molecule has 1 aromatic heterocycles. The normalized spacial score (nSPS) is 21.0. The molecule has 7 heteroatoms. The van der Waals surface area contributed by atoms with Crippen molar-refractivity contribution in [2.75, 3.05) is 44.2 Å². The van der Waals surface area contributed by atoms with E-state index < -0.39 is 0 Å². The maximum Gasteiger partial charge on any atom is 0.273 e. The highest BCUT2D eigenvalue weighted by molar-refractivity contribution is 7.09. The Labute approximate surface area is 182 Å². The van der Waals surface area contributed by atoms with E-state index in [-0.39, 0.29) is 5.91 Å². The third-order valence-corrected chi connectivity index (χ3v) is 7.30. The van der Waals surface area contributed by atoms with Crippen molar-refractivity contribution < 1.29 is 4.79 Å². The van der Waals surface area contributed by atoms with Crippen LogP contribution in [-0.4, -0.2) is 66.0 Å². The van der Waals surface area contributed by atoms with Crippen LogP contribution >= 0.6 is 22.9 Å². The van der Waals surface area contributed by atoms with Crippen LogP contribution in [0.2, 0.25) is 5.02 Å². The van der Waals surface area contributed by atoms with E-state index in [9.17, 15) is 4.79 Å². The molecule has 2 fully saturated rings. The molecule has 156 valence electrons. The van der Waals surface area contributed by atoms with Crippen LogP contribution in [-0.2, 0) is 0 Å². The maximum absolute atomic E-state index is 13.0. The van der Waals surface area contributed by atoms with Crippen LogP contribution in [0, 0.1) is 0 Å². The molecule has 1 aromatic carbocycles. The predicted octanol–water partition coefficient (Wildman–Crippen LogP) is 4.35. The van der Waals surface area contributed by atoms with Crippen molar-refractivity contribution in [3.63, 3.8) is 0 Å². The van der Waals surface area contributed by atoms with Gasteiger partial charge < -0.3 is 9.80 Å². The third-order valence-electron chi connectivity index (χ3n) is 5.92. The van der Waals surface area contributed by atoms with Gasteiger partial charge in [0.25, 0.3) is 5.91 Å². The van der Waals surface area contributed by atoms with Gasteiger partial charge in [-0.3, -0.25) is 9.69 Å². The smallest absolute Gasteiger partial charge is 0.273 e. The second-order valence-corrected chi connectivity index (χ2v) is 9.60. The molecule has 0 N–H and O–H groups in total. The molecule has 0 saturated carbocycles. The lowest BCUT2D eigenvalue weighted by atomic mass is 10.0. The van der Waals surface area contributed by atoms with E-state index in [1.807, 2.05) is 28.5 Å². The zero-order valence-corrected chi connectivity index (χ0v) is 18.8. The number of anilines is 1. The molecule has 1 unspecified atom stereocenters. The first kappa shape index (κ1) is 20.6. The van der Waals surface area contributed by atoms with Crippen molar-refractivity contribution in [3.8, 4) is 0 Å². The highest BCUT2D eigenvalue weighted by atomic mass is 35.5. The Hall–Kier alpha value is -1.63. The first-order valence-electron chi connectivity index (χ1n) is 10.5. The number of halogens is 1. The fourth-order valence-corrected chi connectivity index (χ4v) is 5.26. The largest absolute Gasteiger partial charge is 0.369 e. The quantitative estimate of drug-likeness (QED) is 0.720. The molecular weight excluding hydrogens is 404 g/mol. The van der Waals surface area contributed by atoms with Gasteiger partial charge in [-0.05, 0) is 31.0 Å². The van der Waals surface area contributed by atoms with Crippen LogP contribution in [0.1, 0.15) is 48.1 Å². The summed E-state index contributed by atoms with van der Waals surface area (Å²) in [6, 6.07) is 8.54. The van der Waals surface area contributed by atoms with Crippen molar-refractivity contribution in [1.29, 1.82) is 0 Å². The number of carbonyl (C=O) groups excluding carboxylic acids is 1. The topological polar surface area (TPSA) is 39.7 Å². The SMILES string of the molecule is CC(C)c1nc(C(=O)N2CCCC(N3CCN(c4cccc(Cl)c4)CC3)C2)cs1. The molecule has 1 amide bonds. The lowest BCUT2D eigenvalue weighted by Gasteiger charge is -2.43. The number of carbonyl (C=O) groups is 1. The molecule has 2 saturated heterocycles. The number of hydrogen-bond acceptors (Lipinski definition) is 5. The molecule has 29 heavy (non-hydrogen) atoms. The minimum absolute atomic E-state index is 0.0930. The van der Waals surface area contributed by atoms with Gasteiger partial charge in [0.05, 0.1) is 5.01 Å². The highest BCUT2D eigenvalue weighted by Crippen LogP contribution is 2.25. The van der Waals surface area contributed by atoms with Crippen LogP contribution in [0.25, 0.3) is 0 Å². The minimum Gasteiger partial charge on any atom is -0.369 e. The Balaban J connectivity index is 1.34. The van der Waals surface area contributed by atoms with E-state index in [4.69, 9.17) is 11.6 Å². The first-order valence-corrected chi connectivity index (χ1v) is 11.8. The Kier molecular flexibility index (Phi) is 6.42. The number of rotatable bonds is 4. The first-order chi connectivity index (χ1) is 14.0. The van der Waals surface area contributed by atoms with Crippen LogP contribution < -0.4 is 4.90 Å². The molecular formula is C22H29ClN4OS. The van der Waals surface area contributed by atoms with Crippen molar-refractivity contribution in [1.82, 2.24) is 14.8 Å². The number of benzene rings is 1. The highest BCUT2D eigenvalue weighted by Gasteiger charge is 2.31. The lowest BCUT2D eigenvalue weighted by molar-refractivity contribution is 0.0559. The van der Waals surface area contributed by atoms with E-state index in [0.29, 0.717) is 17.7 Å². The maximum atomic E-state index is 13.0. The fraction of sp³-hybridized carbons (Fsp3) is 0.545. The molecule has 0 spiro atoms. The van der Waals surface area contributed by atoms with Gasteiger partial charge in [0, 0.05) is 67.3 Å². The number of thiazole rings is 1. The standard InChI is InChI=1S/C22H29ClN4OS/c1-16(2)21-24-20(15-29-21)22(28)27-8-4-7-19(14-27)26-11-9-25(10-12-26)18-6-3-5-17(23)13-18/h3,5-6,13,15-16,19H,4,7-12,14H2,1-2H3. The van der Waals surface area contributed by atoms with Gasteiger partial charge in [0.15, 0.2) is 0 Å². The summed E-state index contributed by atoms with van der Waals surface area (Å²) in [4.78, 5) is 24.5. The monoisotopic (exact) mass is 432 g/mol. The Morgan fingerprint density at radius 3 is 2.69 bits per heavy atom. The fourth-order valence-electron chi connectivity index (χ4n) is 4.27. The van der Waals surface area contributed by atoms with E-state index in [0.717, 1.165) is 62.1 Å². The molecule has 0 radical (unpaired) electrons. The Morgan fingerprint density at radius 1 is 1.21 bits per heavy atom. The predicted molar refractivity (Wildman–Crippen MR) is 120 cm³/mol. The van der Waals surface area contributed by atoms with Crippen LogP contribution in [0.3, 0.4) is 0 Å². The number of piperazine rings is 1. The van der Waals surface area contributed by atoms with E-state index in [1.54, 1.807) is 11.3 Å². The van der Waals surface area contributed by atoms with Gasteiger partial charge in [-0.1, -0.05) is 31.5 Å². The molecule has 1 atom stereocenters.